The quantitative estimate of drug-likeness (QED) is 0.542. The van der Waals surface area contributed by atoms with Crippen molar-refractivity contribution in [3.05, 3.63) is 99.9 Å². The molecule has 3 aromatic rings. The second-order valence-electron chi connectivity index (χ2n) is 6.15. The van der Waals surface area contributed by atoms with Crippen molar-refractivity contribution in [3.63, 3.8) is 0 Å². The van der Waals surface area contributed by atoms with Gasteiger partial charge in [-0.1, -0.05) is 36.1 Å². The molecule has 1 heteroatoms. The van der Waals surface area contributed by atoms with Gasteiger partial charge in [-0.2, -0.15) is 0 Å². The van der Waals surface area contributed by atoms with Gasteiger partial charge in [-0.3, -0.25) is 0 Å². The second kappa shape index (κ2) is 7.52. The molecule has 0 saturated heterocycles. The van der Waals surface area contributed by atoms with E-state index in [1.165, 1.54) is 11.1 Å². The first kappa shape index (κ1) is 16.6. The molecule has 25 heavy (non-hydrogen) atoms. The highest BCUT2D eigenvalue weighted by molar-refractivity contribution is 5.46. The van der Waals surface area contributed by atoms with E-state index in [0.29, 0.717) is 0 Å². The number of hydrogen-bond donors (Lipinski definition) is 0. The van der Waals surface area contributed by atoms with E-state index in [9.17, 15) is 0 Å². The maximum atomic E-state index is 4.56. The monoisotopic (exact) mass is 321 g/mol. The highest BCUT2D eigenvalue weighted by Crippen LogP contribution is 2.07. The van der Waals surface area contributed by atoms with Crippen LogP contribution in [0.1, 0.15) is 39.2 Å². The third kappa shape index (κ3) is 4.84. The summed E-state index contributed by atoms with van der Waals surface area (Å²) in [5, 5.41) is 0. The molecule has 0 fully saturated rings. The van der Waals surface area contributed by atoms with Crippen molar-refractivity contribution < 1.29 is 0 Å². The summed E-state index contributed by atoms with van der Waals surface area (Å²) >= 11 is 0. The summed E-state index contributed by atoms with van der Waals surface area (Å²) in [4.78, 5) is 4.56. The number of hydrogen-bond acceptors (Lipinski definition) is 1. The Morgan fingerprint density at radius 1 is 0.560 bits per heavy atom. The largest absolute Gasteiger partial charge is 0.231 e. The summed E-state index contributed by atoms with van der Waals surface area (Å²) in [6.45, 7) is 6.17. The van der Waals surface area contributed by atoms with Crippen LogP contribution >= 0.6 is 0 Å². The lowest BCUT2D eigenvalue weighted by atomic mass is 10.1. The molecule has 1 aromatic heterocycles. The van der Waals surface area contributed by atoms with Gasteiger partial charge in [0.1, 0.15) is 11.4 Å². The highest BCUT2D eigenvalue weighted by Gasteiger charge is 1.97. The average molecular weight is 321 g/mol. The zero-order valence-corrected chi connectivity index (χ0v) is 14.7. The fraction of sp³-hybridized carbons (Fsp3) is 0.125. The van der Waals surface area contributed by atoms with Gasteiger partial charge in [-0.25, -0.2) is 4.98 Å². The SMILES string of the molecule is Cc1cccc(C#Cc2cc(C)cc(C#Cc3cccc(C)c3)n2)c1. The summed E-state index contributed by atoms with van der Waals surface area (Å²) in [6.07, 6.45) is 0. The molecule has 0 unspecified atom stereocenters. The van der Waals surface area contributed by atoms with E-state index in [4.69, 9.17) is 0 Å². The molecular formula is C24H19N. The van der Waals surface area contributed by atoms with Crippen molar-refractivity contribution in [2.24, 2.45) is 0 Å². The minimum Gasteiger partial charge on any atom is -0.231 e. The van der Waals surface area contributed by atoms with E-state index in [0.717, 1.165) is 28.1 Å². The normalized spacial score (nSPS) is 9.56. The fourth-order valence-electron chi connectivity index (χ4n) is 2.51. The Morgan fingerprint density at radius 3 is 1.48 bits per heavy atom. The Morgan fingerprint density at radius 2 is 1.04 bits per heavy atom. The van der Waals surface area contributed by atoms with Crippen LogP contribution in [-0.4, -0.2) is 4.98 Å². The molecule has 1 heterocycles. The lowest BCUT2D eigenvalue weighted by Crippen LogP contribution is -1.90. The lowest BCUT2D eigenvalue weighted by molar-refractivity contribution is 1.22. The van der Waals surface area contributed by atoms with Crippen LogP contribution in [0, 0.1) is 44.5 Å². The summed E-state index contributed by atoms with van der Waals surface area (Å²) in [5.74, 6) is 12.6. The summed E-state index contributed by atoms with van der Waals surface area (Å²) < 4.78 is 0. The van der Waals surface area contributed by atoms with Gasteiger partial charge in [0.15, 0.2) is 0 Å². The zero-order chi connectivity index (χ0) is 17.6. The topological polar surface area (TPSA) is 12.9 Å². The number of aromatic nitrogens is 1. The molecule has 0 saturated carbocycles. The van der Waals surface area contributed by atoms with Gasteiger partial charge in [-0.05, 0) is 85.7 Å². The minimum absolute atomic E-state index is 0.745. The second-order valence-corrected chi connectivity index (χ2v) is 6.15. The third-order valence-corrected chi connectivity index (χ3v) is 3.68. The molecule has 2 aromatic carbocycles. The Kier molecular flexibility index (Phi) is 4.98. The van der Waals surface area contributed by atoms with Gasteiger partial charge in [-0.15, -0.1) is 0 Å². The molecule has 0 atom stereocenters. The third-order valence-electron chi connectivity index (χ3n) is 3.68. The van der Waals surface area contributed by atoms with E-state index < -0.39 is 0 Å². The fourth-order valence-corrected chi connectivity index (χ4v) is 2.51. The molecule has 0 spiro atoms. The van der Waals surface area contributed by atoms with Crippen LogP contribution in [0.4, 0.5) is 0 Å². The molecule has 0 aliphatic rings. The molecule has 1 nitrogen and oxygen atoms in total. The lowest BCUT2D eigenvalue weighted by Gasteiger charge is -1.97. The number of benzene rings is 2. The van der Waals surface area contributed by atoms with Gasteiger partial charge >= 0.3 is 0 Å². The molecule has 0 radical (unpaired) electrons. The van der Waals surface area contributed by atoms with Crippen molar-refractivity contribution in [1.82, 2.24) is 4.98 Å². The first-order valence-corrected chi connectivity index (χ1v) is 8.24. The highest BCUT2D eigenvalue weighted by atomic mass is 14.7. The predicted octanol–water partition coefficient (Wildman–Crippen LogP) is 4.81. The Balaban J connectivity index is 1.89. The maximum absolute atomic E-state index is 4.56. The summed E-state index contributed by atoms with van der Waals surface area (Å²) in [6, 6.07) is 20.3. The average Bonchev–Trinajstić information content (AvgIpc) is 2.58. The molecular weight excluding hydrogens is 302 g/mol. The Hall–Kier alpha value is -3.29. The van der Waals surface area contributed by atoms with Crippen molar-refractivity contribution in [1.29, 1.82) is 0 Å². The van der Waals surface area contributed by atoms with Gasteiger partial charge in [0.2, 0.25) is 0 Å². The van der Waals surface area contributed by atoms with Crippen molar-refractivity contribution in [2.45, 2.75) is 20.8 Å². The van der Waals surface area contributed by atoms with Crippen LogP contribution in [0.5, 0.6) is 0 Å². The van der Waals surface area contributed by atoms with Crippen LogP contribution in [0.2, 0.25) is 0 Å². The Labute approximate surface area is 149 Å². The van der Waals surface area contributed by atoms with Gasteiger partial charge in [0.25, 0.3) is 0 Å². The van der Waals surface area contributed by atoms with Crippen molar-refractivity contribution >= 4 is 0 Å². The molecule has 3 rings (SSSR count). The van der Waals surface area contributed by atoms with E-state index in [-0.39, 0.29) is 0 Å². The first-order chi connectivity index (χ1) is 12.1. The van der Waals surface area contributed by atoms with Crippen LogP contribution in [0.15, 0.2) is 60.7 Å². The number of pyridine rings is 1. The smallest absolute Gasteiger partial charge is 0.115 e. The maximum Gasteiger partial charge on any atom is 0.115 e. The molecule has 0 N–H and O–H groups in total. The van der Waals surface area contributed by atoms with Gasteiger partial charge in [0, 0.05) is 11.1 Å². The molecule has 120 valence electrons. The molecule has 0 amide bonds. The van der Waals surface area contributed by atoms with Crippen molar-refractivity contribution in [2.75, 3.05) is 0 Å². The standard InChI is InChI=1S/C24H19N/c1-18-6-4-8-21(14-18)10-12-23-16-20(3)17-24(25-23)13-11-22-9-5-7-19(2)15-22/h4-9,14-17H,1-3H3. The number of nitrogens with zero attached hydrogens (tertiary/aromatic N) is 1. The van der Waals surface area contributed by atoms with Gasteiger partial charge in [0.05, 0.1) is 0 Å². The minimum atomic E-state index is 0.745. The van der Waals surface area contributed by atoms with E-state index in [2.05, 4.69) is 66.8 Å². The summed E-state index contributed by atoms with van der Waals surface area (Å²) in [7, 11) is 0. The molecule has 0 bridgehead atoms. The van der Waals surface area contributed by atoms with Gasteiger partial charge < -0.3 is 0 Å². The predicted molar refractivity (Wildman–Crippen MR) is 103 cm³/mol. The van der Waals surface area contributed by atoms with Crippen LogP contribution in [0.3, 0.4) is 0 Å². The number of aryl methyl sites for hydroxylation is 3. The van der Waals surface area contributed by atoms with E-state index in [1.807, 2.05) is 43.3 Å². The van der Waals surface area contributed by atoms with Crippen molar-refractivity contribution in [3.8, 4) is 23.7 Å². The first-order valence-electron chi connectivity index (χ1n) is 8.24. The van der Waals surface area contributed by atoms with Crippen LogP contribution < -0.4 is 0 Å². The number of rotatable bonds is 0. The summed E-state index contributed by atoms with van der Waals surface area (Å²) in [5.41, 5.74) is 7.00. The molecule has 0 aliphatic heterocycles. The zero-order valence-electron chi connectivity index (χ0n) is 14.7. The van der Waals surface area contributed by atoms with E-state index in [1.54, 1.807) is 0 Å². The van der Waals surface area contributed by atoms with E-state index >= 15 is 0 Å². The van der Waals surface area contributed by atoms with Crippen LogP contribution in [-0.2, 0) is 0 Å². The Bertz CT molecular complexity index is 955. The van der Waals surface area contributed by atoms with Crippen LogP contribution in [0.25, 0.3) is 0 Å². The molecule has 0 aliphatic carbocycles.